The number of para-hydroxylation sites is 1. The predicted octanol–water partition coefficient (Wildman–Crippen LogP) is 14.9. The number of hydrogen-bond donors (Lipinski definition) is 0. The first-order valence-electron chi connectivity index (χ1n) is 26.3. The molecule has 0 saturated heterocycles. The Kier molecular flexibility index (Phi) is 5.86. The molecule has 0 radical (unpaired) electrons. The van der Waals surface area contributed by atoms with Crippen LogP contribution >= 0.6 is 11.3 Å². The predicted molar refractivity (Wildman–Crippen MR) is 277 cm³/mol. The minimum absolute atomic E-state index is 0.0941. The Morgan fingerprint density at radius 3 is 1.36 bits per heavy atom. The largest absolute Gasteiger partial charge is 0.310 e. The number of thiophene rings is 1. The van der Waals surface area contributed by atoms with E-state index in [1.54, 1.807) is 11.3 Å². The van der Waals surface area contributed by atoms with Gasteiger partial charge in [-0.1, -0.05) is 200 Å². The van der Waals surface area contributed by atoms with Crippen molar-refractivity contribution in [1.82, 2.24) is 0 Å². The van der Waals surface area contributed by atoms with E-state index in [4.69, 9.17) is 8.22 Å². The number of rotatable bonds is 4. The van der Waals surface area contributed by atoms with Gasteiger partial charge in [0.05, 0.1) is 30.8 Å². The summed E-state index contributed by atoms with van der Waals surface area (Å²) in [6, 6.07) is 51.0. The summed E-state index contributed by atoms with van der Waals surface area (Å²) in [7, 11) is 0. The van der Waals surface area contributed by atoms with Crippen LogP contribution in [0.3, 0.4) is 0 Å². The van der Waals surface area contributed by atoms with Crippen LogP contribution in [0.2, 0.25) is 0 Å². The molecule has 3 heterocycles. The van der Waals surface area contributed by atoms with Gasteiger partial charge >= 0.3 is 0 Å². The number of nitrogens with zero attached hydrogens (tertiary/aromatic N) is 2. The maximum absolute atomic E-state index is 9.59. The van der Waals surface area contributed by atoms with E-state index in [2.05, 4.69) is 64.4 Å². The SMILES string of the molecule is [2H]c1c([2H])c([2H])c(-c2c(N3c4ccccc4B4c5sc6ccccc6c5N(c5c(-c6c([2H])c([2H])c([2H])c([2H])c6[2H])c6ccccc6c6ccccc56)c5cccc3c54)c3ccccc3c3ccccc23)c([2H])c1[2H]. The highest BCUT2D eigenvalue weighted by molar-refractivity contribution is 7.33. The van der Waals surface area contributed by atoms with Crippen molar-refractivity contribution in [2.75, 3.05) is 9.80 Å². The fraction of sp³-hybridized carbons (Fsp3) is 0. The summed E-state index contributed by atoms with van der Waals surface area (Å²) in [6.07, 6.45) is 0. The summed E-state index contributed by atoms with van der Waals surface area (Å²) >= 11 is 1.71. The summed E-state index contributed by atoms with van der Waals surface area (Å²) in [5.41, 5.74) is 7.87. The number of benzene rings is 11. The Labute approximate surface area is 389 Å². The van der Waals surface area contributed by atoms with Gasteiger partial charge in [0, 0.05) is 53.8 Å². The summed E-state index contributed by atoms with van der Waals surface area (Å²) in [5.74, 6) is 0. The fourth-order valence-corrected chi connectivity index (χ4v) is 12.1. The summed E-state index contributed by atoms with van der Waals surface area (Å²) < 4.78 is 93.7. The minimum atomic E-state index is -0.470. The average Bonchev–Trinajstić information content (AvgIpc) is 3.84. The van der Waals surface area contributed by atoms with E-state index in [0.717, 1.165) is 91.6 Å². The molecule has 0 fully saturated rings. The molecule has 2 nitrogen and oxygen atoms in total. The fourth-order valence-electron chi connectivity index (χ4n) is 10.8. The second-order valence-corrected chi connectivity index (χ2v) is 17.4. The summed E-state index contributed by atoms with van der Waals surface area (Å²) in [5, 5.41) is 7.69. The van der Waals surface area contributed by atoms with Crippen LogP contribution in [0.15, 0.2) is 224 Å². The lowest BCUT2D eigenvalue weighted by Crippen LogP contribution is -2.60. The molecular weight excluding hydrogens is 792 g/mol. The number of fused-ring (bicyclic) bond motifs is 12. The van der Waals surface area contributed by atoms with E-state index in [1.807, 2.05) is 109 Å². The van der Waals surface area contributed by atoms with Crippen molar-refractivity contribution in [2.24, 2.45) is 0 Å². The highest BCUT2D eigenvalue weighted by Crippen LogP contribution is 2.55. The maximum atomic E-state index is 9.59. The van der Waals surface area contributed by atoms with Crippen molar-refractivity contribution < 1.29 is 13.7 Å². The molecule has 0 spiro atoms. The third-order valence-electron chi connectivity index (χ3n) is 13.2. The van der Waals surface area contributed by atoms with Crippen molar-refractivity contribution in [1.29, 1.82) is 0 Å². The molecule has 0 N–H and O–H groups in total. The lowest BCUT2D eigenvalue weighted by Gasteiger charge is -2.44. The number of anilines is 6. The molecule has 0 bridgehead atoms. The van der Waals surface area contributed by atoms with Crippen molar-refractivity contribution in [3.63, 3.8) is 0 Å². The van der Waals surface area contributed by atoms with Gasteiger partial charge < -0.3 is 9.80 Å². The van der Waals surface area contributed by atoms with Crippen LogP contribution in [0.5, 0.6) is 0 Å². The van der Waals surface area contributed by atoms with Crippen LogP contribution < -0.4 is 25.5 Å². The van der Waals surface area contributed by atoms with Gasteiger partial charge in [-0.15, -0.1) is 11.3 Å². The van der Waals surface area contributed by atoms with Gasteiger partial charge in [0.15, 0.2) is 0 Å². The standard InChI is InChI=1S/C60H37BN2S/c1-3-20-38(21-4-1)54-44-28-11-7-24-40(44)42-26-9-13-30-46(42)57(54)62-50-34-17-16-33-49(50)61-56-51(62)35-19-36-52(56)63(59-48-32-15-18-37-53(48)64-60(59)61)58-47-31-14-10-27-43(47)41-25-8-12-29-45(41)55(58)39-22-5-2-6-23-39/h1-37H/i1D,2D,3D,4D,5D,6D,20D,21D,22D,23D. The van der Waals surface area contributed by atoms with Crippen LogP contribution in [-0.2, 0) is 0 Å². The first-order valence-corrected chi connectivity index (χ1v) is 22.1. The van der Waals surface area contributed by atoms with Gasteiger partial charge in [0.2, 0.25) is 0 Å². The monoisotopic (exact) mass is 838 g/mol. The molecule has 0 amide bonds. The highest BCUT2D eigenvalue weighted by atomic mass is 32.1. The van der Waals surface area contributed by atoms with E-state index in [1.165, 1.54) is 0 Å². The molecule has 2 aliphatic rings. The van der Waals surface area contributed by atoms with Crippen molar-refractivity contribution in [3.8, 4) is 22.3 Å². The Morgan fingerprint density at radius 1 is 0.359 bits per heavy atom. The van der Waals surface area contributed by atoms with Gasteiger partial charge in [-0.25, -0.2) is 0 Å². The van der Waals surface area contributed by atoms with Gasteiger partial charge in [0.25, 0.3) is 6.71 Å². The quantitative estimate of drug-likeness (QED) is 0.129. The smallest absolute Gasteiger partial charge is 0.264 e. The van der Waals surface area contributed by atoms with E-state index in [-0.39, 0.29) is 42.0 Å². The maximum Gasteiger partial charge on any atom is 0.264 e. The molecule has 14 rings (SSSR count). The second-order valence-electron chi connectivity index (χ2n) is 16.3. The molecule has 4 heteroatoms. The van der Waals surface area contributed by atoms with Crippen molar-refractivity contribution in [3.05, 3.63) is 224 Å². The van der Waals surface area contributed by atoms with E-state index in [9.17, 15) is 5.48 Å². The van der Waals surface area contributed by atoms with Crippen molar-refractivity contribution >= 4 is 121 Å². The van der Waals surface area contributed by atoms with Gasteiger partial charge in [0.1, 0.15) is 0 Å². The zero-order valence-electron chi connectivity index (χ0n) is 44.0. The van der Waals surface area contributed by atoms with Gasteiger partial charge in [-0.05, 0) is 78.6 Å². The Balaban J connectivity index is 1.18. The van der Waals surface area contributed by atoms with Crippen LogP contribution in [-0.4, -0.2) is 6.71 Å². The van der Waals surface area contributed by atoms with Crippen LogP contribution in [0.25, 0.3) is 75.4 Å². The third kappa shape index (κ3) is 4.92. The topological polar surface area (TPSA) is 6.48 Å². The second kappa shape index (κ2) is 13.8. The number of hydrogen-bond acceptors (Lipinski definition) is 3. The molecule has 2 aliphatic heterocycles. The molecular formula is C60H37BN2S. The first-order chi connectivity index (χ1) is 36.0. The summed E-state index contributed by atoms with van der Waals surface area (Å²) in [4.78, 5) is 4.50. The average molecular weight is 839 g/mol. The zero-order valence-corrected chi connectivity index (χ0v) is 34.8. The lowest BCUT2D eigenvalue weighted by molar-refractivity contribution is 1.28. The third-order valence-corrected chi connectivity index (χ3v) is 14.4. The summed E-state index contributed by atoms with van der Waals surface area (Å²) in [6.45, 7) is -0.329. The zero-order chi connectivity index (χ0) is 50.6. The first kappa shape index (κ1) is 27.2. The van der Waals surface area contributed by atoms with Crippen LogP contribution in [0, 0.1) is 0 Å². The van der Waals surface area contributed by atoms with Crippen LogP contribution in [0.1, 0.15) is 13.7 Å². The van der Waals surface area contributed by atoms with E-state index < -0.39 is 36.3 Å². The molecule has 11 aromatic carbocycles. The molecule has 1 aromatic heterocycles. The highest BCUT2D eigenvalue weighted by Gasteiger charge is 2.46. The molecule has 0 saturated carbocycles. The molecule has 296 valence electrons. The molecule has 0 unspecified atom stereocenters. The Morgan fingerprint density at radius 2 is 0.781 bits per heavy atom. The van der Waals surface area contributed by atoms with Gasteiger partial charge in [-0.3, -0.25) is 0 Å². The minimum Gasteiger partial charge on any atom is -0.310 e. The van der Waals surface area contributed by atoms with Gasteiger partial charge in [-0.2, -0.15) is 0 Å². The van der Waals surface area contributed by atoms with E-state index in [0.29, 0.717) is 22.5 Å². The Hall–Kier alpha value is -7.92. The molecule has 12 aromatic rings. The normalized spacial score (nSPS) is 15.1. The van der Waals surface area contributed by atoms with Crippen LogP contribution in [0.4, 0.5) is 34.1 Å². The lowest BCUT2D eigenvalue weighted by atomic mass is 9.36. The molecule has 0 atom stereocenters. The Bertz CT molecular complexity index is 4440. The molecule has 0 aliphatic carbocycles. The van der Waals surface area contributed by atoms with E-state index >= 15 is 0 Å². The molecule has 64 heavy (non-hydrogen) atoms. The van der Waals surface area contributed by atoms with Crippen molar-refractivity contribution in [2.45, 2.75) is 0 Å².